The van der Waals surface area contributed by atoms with Crippen molar-refractivity contribution < 1.29 is 19.0 Å². The molecule has 1 atom stereocenters. The van der Waals surface area contributed by atoms with Crippen molar-refractivity contribution in [3.8, 4) is 11.5 Å². The van der Waals surface area contributed by atoms with E-state index in [9.17, 15) is 4.79 Å². The quantitative estimate of drug-likeness (QED) is 0.775. The van der Waals surface area contributed by atoms with Gasteiger partial charge in [0.15, 0.2) is 23.6 Å². The maximum absolute atomic E-state index is 12.4. The molecule has 0 N–H and O–H groups in total. The summed E-state index contributed by atoms with van der Waals surface area (Å²) >= 11 is 0. The predicted molar refractivity (Wildman–Crippen MR) is 74.3 cm³/mol. The van der Waals surface area contributed by atoms with Gasteiger partial charge in [0, 0.05) is 12.3 Å². The van der Waals surface area contributed by atoms with Crippen LogP contribution in [0.5, 0.6) is 11.5 Å². The second kappa shape index (κ2) is 5.83. The van der Waals surface area contributed by atoms with Crippen molar-refractivity contribution in [3.63, 3.8) is 0 Å². The zero-order chi connectivity index (χ0) is 13.9. The van der Waals surface area contributed by atoms with Crippen molar-refractivity contribution in [2.24, 2.45) is 5.92 Å². The van der Waals surface area contributed by atoms with Gasteiger partial charge in [0.25, 0.3) is 0 Å². The smallest absolute Gasteiger partial charge is 0.200 e. The summed E-state index contributed by atoms with van der Waals surface area (Å²) in [5.74, 6) is 1.47. The van der Waals surface area contributed by atoms with Crippen LogP contribution in [0.4, 0.5) is 0 Å². The van der Waals surface area contributed by atoms with Gasteiger partial charge in [-0.05, 0) is 37.8 Å². The van der Waals surface area contributed by atoms with Crippen LogP contribution in [0, 0.1) is 5.92 Å². The molecule has 1 aliphatic carbocycles. The van der Waals surface area contributed by atoms with Crippen molar-refractivity contribution >= 4 is 5.78 Å². The highest BCUT2D eigenvalue weighted by molar-refractivity contribution is 6.02. The van der Waals surface area contributed by atoms with E-state index in [0.29, 0.717) is 23.7 Å². The molecule has 0 aromatic heterocycles. The zero-order valence-corrected chi connectivity index (χ0v) is 11.8. The number of rotatable bonds is 5. The molecule has 0 spiro atoms. The van der Waals surface area contributed by atoms with Gasteiger partial charge in [0.2, 0.25) is 0 Å². The summed E-state index contributed by atoms with van der Waals surface area (Å²) < 4.78 is 16.9. The van der Waals surface area contributed by atoms with Crippen LogP contribution in [-0.2, 0) is 4.74 Å². The highest BCUT2D eigenvalue weighted by Crippen LogP contribution is 2.39. The monoisotopic (exact) mass is 276 g/mol. The molecule has 2 fully saturated rings. The van der Waals surface area contributed by atoms with Gasteiger partial charge in [-0.25, -0.2) is 0 Å². The number of ether oxygens (including phenoxy) is 3. The van der Waals surface area contributed by atoms with E-state index in [1.807, 2.05) is 18.2 Å². The van der Waals surface area contributed by atoms with E-state index in [0.717, 1.165) is 32.1 Å². The molecule has 1 saturated heterocycles. The molecule has 4 heteroatoms. The fraction of sp³-hybridized carbons (Fsp3) is 0.562. The third-order valence-electron chi connectivity index (χ3n) is 3.80. The third-order valence-corrected chi connectivity index (χ3v) is 3.80. The molecule has 4 nitrogen and oxygen atoms in total. The molecule has 3 rings (SSSR count). The van der Waals surface area contributed by atoms with Gasteiger partial charge in [-0.2, -0.15) is 0 Å². The number of carbonyl (C=O) groups is 1. The number of hydrogen-bond acceptors (Lipinski definition) is 4. The van der Waals surface area contributed by atoms with E-state index < -0.39 is 0 Å². The molecule has 1 unspecified atom stereocenters. The number of hydrogen-bond donors (Lipinski definition) is 0. The Morgan fingerprint density at radius 1 is 1.25 bits per heavy atom. The van der Waals surface area contributed by atoms with Gasteiger partial charge in [0.1, 0.15) is 0 Å². The van der Waals surface area contributed by atoms with Crippen LogP contribution in [0.15, 0.2) is 18.2 Å². The maximum Gasteiger partial charge on any atom is 0.200 e. The molecule has 1 aromatic rings. The van der Waals surface area contributed by atoms with Gasteiger partial charge >= 0.3 is 0 Å². The molecular formula is C16H20O4. The lowest BCUT2D eigenvalue weighted by Crippen LogP contribution is -2.26. The first-order chi connectivity index (χ1) is 9.79. The first-order valence-electron chi connectivity index (χ1n) is 7.29. The molecule has 2 aliphatic rings. The summed E-state index contributed by atoms with van der Waals surface area (Å²) in [7, 11) is 1.59. The number of methoxy groups -OCH3 is 1. The summed E-state index contributed by atoms with van der Waals surface area (Å²) in [6, 6.07) is 5.48. The van der Waals surface area contributed by atoms with Crippen LogP contribution in [0.25, 0.3) is 0 Å². The third kappa shape index (κ3) is 2.80. The fourth-order valence-electron chi connectivity index (χ4n) is 2.49. The van der Waals surface area contributed by atoms with Gasteiger partial charge in [-0.3, -0.25) is 4.79 Å². The Balaban J connectivity index is 1.86. The van der Waals surface area contributed by atoms with E-state index in [1.165, 1.54) is 0 Å². The van der Waals surface area contributed by atoms with Crippen molar-refractivity contribution in [1.29, 1.82) is 0 Å². The lowest BCUT2D eigenvalue weighted by Gasteiger charge is -2.25. The van der Waals surface area contributed by atoms with Crippen LogP contribution in [0.1, 0.15) is 42.5 Å². The van der Waals surface area contributed by atoms with Gasteiger partial charge in [-0.1, -0.05) is 6.07 Å². The van der Waals surface area contributed by atoms with Crippen LogP contribution in [0.2, 0.25) is 0 Å². The highest BCUT2D eigenvalue weighted by Gasteiger charge is 2.33. The largest absolute Gasteiger partial charge is 0.493 e. The standard InChI is InChI=1S/C16H20O4/c1-18-13-6-4-5-12(15(17)11-8-9-11)16(13)20-14-7-2-3-10-19-14/h4-6,11,14H,2-3,7-10H2,1H3. The van der Waals surface area contributed by atoms with Gasteiger partial charge in [-0.15, -0.1) is 0 Å². The normalized spacial score (nSPS) is 22.4. The molecule has 1 heterocycles. The van der Waals surface area contributed by atoms with Gasteiger partial charge < -0.3 is 14.2 Å². The molecule has 0 amide bonds. The second-order valence-corrected chi connectivity index (χ2v) is 5.39. The minimum Gasteiger partial charge on any atom is -0.493 e. The number of benzene rings is 1. The molecule has 1 saturated carbocycles. The van der Waals surface area contributed by atoms with Crippen LogP contribution < -0.4 is 9.47 Å². The second-order valence-electron chi connectivity index (χ2n) is 5.39. The lowest BCUT2D eigenvalue weighted by molar-refractivity contribution is -0.106. The fourth-order valence-corrected chi connectivity index (χ4v) is 2.49. The van der Waals surface area contributed by atoms with Crippen LogP contribution in [0.3, 0.4) is 0 Å². The molecule has 1 aliphatic heterocycles. The molecule has 1 aromatic carbocycles. The number of para-hydroxylation sites is 1. The van der Waals surface area contributed by atoms with Crippen LogP contribution in [-0.4, -0.2) is 25.8 Å². The van der Waals surface area contributed by atoms with E-state index in [1.54, 1.807) is 7.11 Å². The minimum atomic E-state index is -0.272. The predicted octanol–water partition coefficient (Wildman–Crippen LogP) is 3.19. The summed E-state index contributed by atoms with van der Waals surface area (Å²) in [6.45, 7) is 0.714. The molecule has 108 valence electrons. The maximum atomic E-state index is 12.4. The van der Waals surface area contributed by atoms with Crippen LogP contribution >= 0.6 is 0 Å². The van der Waals surface area contributed by atoms with Crippen molar-refractivity contribution in [1.82, 2.24) is 0 Å². The summed E-state index contributed by atoms with van der Waals surface area (Å²) in [4.78, 5) is 12.4. The molecule has 0 radical (unpaired) electrons. The van der Waals surface area contributed by atoms with Gasteiger partial charge in [0.05, 0.1) is 19.3 Å². The first-order valence-corrected chi connectivity index (χ1v) is 7.29. The summed E-state index contributed by atoms with van der Waals surface area (Å²) in [5, 5.41) is 0. The summed E-state index contributed by atoms with van der Waals surface area (Å²) in [6.07, 6.45) is 4.71. The topological polar surface area (TPSA) is 44.8 Å². The molecule has 0 bridgehead atoms. The Bertz CT molecular complexity index is 487. The van der Waals surface area contributed by atoms with Crippen molar-refractivity contribution in [3.05, 3.63) is 23.8 Å². The molecular weight excluding hydrogens is 256 g/mol. The SMILES string of the molecule is COc1cccc(C(=O)C2CC2)c1OC1CCCCO1. The average Bonchev–Trinajstić information content (AvgIpc) is 3.32. The Kier molecular flexibility index (Phi) is 3.92. The minimum absolute atomic E-state index is 0.162. The lowest BCUT2D eigenvalue weighted by atomic mass is 10.1. The Hall–Kier alpha value is -1.55. The molecule has 20 heavy (non-hydrogen) atoms. The Morgan fingerprint density at radius 2 is 2.10 bits per heavy atom. The Labute approximate surface area is 119 Å². The summed E-state index contributed by atoms with van der Waals surface area (Å²) in [5.41, 5.74) is 0.626. The zero-order valence-electron chi connectivity index (χ0n) is 11.8. The average molecular weight is 276 g/mol. The first kappa shape index (κ1) is 13.4. The van der Waals surface area contributed by atoms with Crippen molar-refractivity contribution in [2.75, 3.05) is 13.7 Å². The number of carbonyl (C=O) groups excluding carboxylic acids is 1. The number of ketones is 1. The highest BCUT2D eigenvalue weighted by atomic mass is 16.7. The Morgan fingerprint density at radius 3 is 2.75 bits per heavy atom. The van der Waals surface area contributed by atoms with E-state index in [-0.39, 0.29) is 18.0 Å². The number of Topliss-reactive ketones (excluding diaryl/α,β-unsaturated/α-hetero) is 1. The van der Waals surface area contributed by atoms with E-state index in [4.69, 9.17) is 14.2 Å². The van der Waals surface area contributed by atoms with E-state index >= 15 is 0 Å². The van der Waals surface area contributed by atoms with Crippen molar-refractivity contribution in [2.45, 2.75) is 38.4 Å². The van der Waals surface area contributed by atoms with E-state index in [2.05, 4.69) is 0 Å².